The van der Waals surface area contributed by atoms with E-state index in [1.807, 2.05) is 0 Å². The summed E-state index contributed by atoms with van der Waals surface area (Å²) < 4.78 is 0. The highest BCUT2D eigenvalue weighted by Crippen LogP contribution is 2.42. The molecule has 0 amide bonds. The van der Waals surface area contributed by atoms with Crippen molar-refractivity contribution >= 4 is 0 Å². The van der Waals surface area contributed by atoms with Crippen LogP contribution in [0.25, 0.3) is 0 Å². The lowest BCUT2D eigenvalue weighted by Gasteiger charge is -2.40. The average molecular weight is 152 g/mol. The predicted molar refractivity (Wildman–Crippen MR) is 47.3 cm³/mol. The van der Waals surface area contributed by atoms with Gasteiger partial charge in [0.15, 0.2) is 0 Å². The van der Waals surface area contributed by atoms with Crippen molar-refractivity contribution in [2.24, 2.45) is 5.41 Å². The van der Waals surface area contributed by atoms with Crippen molar-refractivity contribution in [3.05, 3.63) is 6.42 Å². The first-order valence-corrected chi connectivity index (χ1v) is 4.94. The molecule has 0 atom stereocenters. The molecule has 1 heteroatoms. The molecule has 63 valence electrons. The molecule has 1 heterocycles. The lowest BCUT2D eigenvalue weighted by atomic mass is 9.68. The van der Waals surface area contributed by atoms with Crippen LogP contribution in [0.15, 0.2) is 0 Å². The minimum absolute atomic E-state index is 0.740. The van der Waals surface area contributed by atoms with E-state index in [0.29, 0.717) is 0 Å². The SMILES string of the molecule is [CH]1CCCC2(C1)CCNCC2. The predicted octanol–water partition coefficient (Wildman–Crippen LogP) is 2.13. The van der Waals surface area contributed by atoms with Crippen molar-refractivity contribution in [2.45, 2.75) is 38.5 Å². The van der Waals surface area contributed by atoms with Crippen molar-refractivity contribution in [2.75, 3.05) is 13.1 Å². The van der Waals surface area contributed by atoms with Crippen LogP contribution in [0.4, 0.5) is 0 Å². The van der Waals surface area contributed by atoms with Crippen LogP contribution < -0.4 is 5.32 Å². The van der Waals surface area contributed by atoms with Crippen molar-refractivity contribution in [3.8, 4) is 0 Å². The van der Waals surface area contributed by atoms with Crippen LogP contribution in [-0.2, 0) is 0 Å². The van der Waals surface area contributed by atoms with Crippen molar-refractivity contribution < 1.29 is 0 Å². The zero-order chi connectivity index (χ0) is 7.57. The number of hydrogen-bond acceptors (Lipinski definition) is 1. The number of nitrogens with one attached hydrogen (secondary N) is 1. The lowest BCUT2D eigenvalue weighted by Crippen LogP contribution is -2.37. The molecular weight excluding hydrogens is 134 g/mol. The van der Waals surface area contributed by atoms with E-state index in [4.69, 9.17) is 0 Å². The normalized spacial score (nSPS) is 30.5. The van der Waals surface area contributed by atoms with Gasteiger partial charge in [0.1, 0.15) is 0 Å². The Morgan fingerprint density at radius 1 is 1.09 bits per heavy atom. The summed E-state index contributed by atoms with van der Waals surface area (Å²) in [7, 11) is 0. The zero-order valence-corrected chi connectivity index (χ0v) is 7.23. The van der Waals surface area contributed by atoms with E-state index in [0.717, 1.165) is 5.41 Å². The Labute approximate surface area is 69.6 Å². The molecule has 0 bridgehead atoms. The second-order valence-corrected chi connectivity index (χ2v) is 4.14. The van der Waals surface area contributed by atoms with Gasteiger partial charge in [0.25, 0.3) is 0 Å². The number of piperidine rings is 1. The Morgan fingerprint density at radius 2 is 1.91 bits per heavy atom. The molecule has 1 saturated carbocycles. The van der Waals surface area contributed by atoms with Crippen LogP contribution in [0.2, 0.25) is 0 Å². The Kier molecular flexibility index (Phi) is 2.17. The summed E-state index contributed by atoms with van der Waals surface area (Å²) in [5.74, 6) is 0. The fraction of sp³-hybridized carbons (Fsp3) is 0.900. The molecule has 0 aromatic carbocycles. The van der Waals surface area contributed by atoms with E-state index in [-0.39, 0.29) is 0 Å². The highest BCUT2D eigenvalue weighted by molar-refractivity contribution is 4.92. The molecular formula is C10H18N. The fourth-order valence-electron chi connectivity index (χ4n) is 2.54. The minimum Gasteiger partial charge on any atom is -0.317 e. The number of rotatable bonds is 0. The molecule has 1 N–H and O–H groups in total. The Bertz CT molecular complexity index is 99.3. The van der Waals surface area contributed by atoms with Crippen LogP contribution in [-0.4, -0.2) is 13.1 Å². The van der Waals surface area contributed by atoms with Crippen molar-refractivity contribution in [1.82, 2.24) is 5.32 Å². The molecule has 0 aromatic rings. The summed E-state index contributed by atoms with van der Waals surface area (Å²) in [6.07, 6.45) is 11.1. The van der Waals surface area contributed by atoms with Gasteiger partial charge in [0.05, 0.1) is 0 Å². The summed E-state index contributed by atoms with van der Waals surface area (Å²) in [6.45, 7) is 2.52. The smallest absolute Gasteiger partial charge is 0.00436 e. The first-order chi connectivity index (χ1) is 5.41. The van der Waals surface area contributed by atoms with Gasteiger partial charge in [-0.1, -0.05) is 12.8 Å². The van der Waals surface area contributed by atoms with Crippen LogP contribution in [0.5, 0.6) is 0 Å². The van der Waals surface area contributed by atoms with E-state index < -0.39 is 0 Å². The van der Waals surface area contributed by atoms with Gasteiger partial charge in [0, 0.05) is 0 Å². The van der Waals surface area contributed by atoms with Crippen LogP contribution in [0.1, 0.15) is 38.5 Å². The molecule has 2 fully saturated rings. The first-order valence-electron chi connectivity index (χ1n) is 4.94. The van der Waals surface area contributed by atoms with Gasteiger partial charge in [-0.2, -0.15) is 0 Å². The zero-order valence-electron chi connectivity index (χ0n) is 7.23. The largest absolute Gasteiger partial charge is 0.317 e. The quantitative estimate of drug-likeness (QED) is 0.560. The maximum absolute atomic E-state index is 3.44. The summed E-state index contributed by atoms with van der Waals surface area (Å²) >= 11 is 0. The van der Waals surface area contributed by atoms with Crippen LogP contribution >= 0.6 is 0 Å². The maximum atomic E-state index is 3.44. The van der Waals surface area contributed by atoms with Crippen LogP contribution in [0.3, 0.4) is 0 Å². The van der Waals surface area contributed by atoms with Gasteiger partial charge >= 0.3 is 0 Å². The van der Waals surface area contributed by atoms with E-state index in [1.54, 1.807) is 0 Å². The molecule has 0 unspecified atom stereocenters. The molecule has 11 heavy (non-hydrogen) atoms. The van der Waals surface area contributed by atoms with Gasteiger partial charge < -0.3 is 5.32 Å². The molecule has 1 radical (unpaired) electrons. The van der Waals surface area contributed by atoms with Crippen LogP contribution in [0, 0.1) is 11.8 Å². The Hall–Kier alpha value is -0.0400. The van der Waals surface area contributed by atoms with E-state index in [2.05, 4.69) is 11.7 Å². The van der Waals surface area contributed by atoms with Gasteiger partial charge in [-0.3, -0.25) is 0 Å². The van der Waals surface area contributed by atoms with Gasteiger partial charge in [-0.15, -0.1) is 0 Å². The maximum Gasteiger partial charge on any atom is -0.00436 e. The molecule has 1 spiro atoms. The molecule has 2 aliphatic rings. The summed E-state index contributed by atoms with van der Waals surface area (Å²) in [6, 6.07) is 0. The van der Waals surface area contributed by atoms with E-state index in [9.17, 15) is 0 Å². The second-order valence-electron chi connectivity index (χ2n) is 4.14. The second kappa shape index (κ2) is 3.14. The summed E-state index contributed by atoms with van der Waals surface area (Å²) in [5.41, 5.74) is 0.740. The molecule has 1 saturated heterocycles. The Morgan fingerprint density at radius 3 is 2.55 bits per heavy atom. The summed E-state index contributed by atoms with van der Waals surface area (Å²) in [5, 5.41) is 3.44. The molecule has 1 aliphatic heterocycles. The van der Waals surface area contributed by atoms with Gasteiger partial charge in [-0.05, 0) is 50.6 Å². The third kappa shape index (κ3) is 1.58. The molecule has 0 aromatic heterocycles. The van der Waals surface area contributed by atoms with Crippen molar-refractivity contribution in [3.63, 3.8) is 0 Å². The molecule has 1 aliphatic carbocycles. The summed E-state index contributed by atoms with van der Waals surface area (Å²) in [4.78, 5) is 0. The monoisotopic (exact) mass is 152 g/mol. The molecule has 2 rings (SSSR count). The molecule has 1 nitrogen and oxygen atoms in total. The van der Waals surface area contributed by atoms with E-state index >= 15 is 0 Å². The van der Waals surface area contributed by atoms with E-state index in [1.165, 1.54) is 51.6 Å². The average Bonchev–Trinajstić information content (AvgIpc) is 2.07. The standard InChI is InChI=1S/C10H18N/c1-2-4-10(5-3-1)6-8-11-9-7-10/h2,11H,1,3-9H2. The highest BCUT2D eigenvalue weighted by atomic mass is 14.9. The van der Waals surface area contributed by atoms with Crippen molar-refractivity contribution in [1.29, 1.82) is 0 Å². The topological polar surface area (TPSA) is 12.0 Å². The third-order valence-corrected chi connectivity index (χ3v) is 3.36. The highest BCUT2D eigenvalue weighted by Gasteiger charge is 2.32. The lowest BCUT2D eigenvalue weighted by molar-refractivity contribution is 0.158. The van der Waals surface area contributed by atoms with Gasteiger partial charge in [-0.25, -0.2) is 0 Å². The fourth-order valence-corrected chi connectivity index (χ4v) is 2.54. The Balaban J connectivity index is 1.94. The number of hydrogen-bond donors (Lipinski definition) is 1. The minimum atomic E-state index is 0.740. The first kappa shape index (κ1) is 7.60. The third-order valence-electron chi connectivity index (χ3n) is 3.36. The van der Waals surface area contributed by atoms with Gasteiger partial charge in [0.2, 0.25) is 0 Å².